The minimum atomic E-state index is -0.132. The van der Waals surface area contributed by atoms with Crippen molar-refractivity contribution in [3.05, 3.63) is 48.5 Å². The number of likely N-dealkylation sites (tertiary alicyclic amines) is 1. The quantitative estimate of drug-likeness (QED) is 0.850. The van der Waals surface area contributed by atoms with Crippen LogP contribution in [0.5, 0.6) is 0 Å². The van der Waals surface area contributed by atoms with E-state index in [-0.39, 0.29) is 17.4 Å². The molecule has 3 rings (SSSR count). The van der Waals surface area contributed by atoms with Gasteiger partial charge in [-0.25, -0.2) is 0 Å². The van der Waals surface area contributed by atoms with Crippen LogP contribution in [0.4, 0.5) is 0 Å². The van der Waals surface area contributed by atoms with Crippen LogP contribution in [0.3, 0.4) is 0 Å². The van der Waals surface area contributed by atoms with E-state index in [9.17, 15) is 4.79 Å². The predicted molar refractivity (Wildman–Crippen MR) is 81.7 cm³/mol. The lowest BCUT2D eigenvalue weighted by atomic mass is 9.93. The van der Waals surface area contributed by atoms with Crippen molar-refractivity contribution in [2.24, 2.45) is 0 Å². The molecule has 4 nitrogen and oxygen atoms in total. The summed E-state index contributed by atoms with van der Waals surface area (Å²) in [6.45, 7) is 4.18. The monoisotopic (exact) mass is 281 g/mol. The first-order chi connectivity index (χ1) is 9.99. The Labute approximate surface area is 124 Å². The SMILES string of the molecule is CN1C(=O)C(c2ccc(-c3cccnc3)cn2)CC1(C)C. The van der Waals surface area contributed by atoms with Crippen LogP contribution in [0.2, 0.25) is 0 Å². The second-order valence-corrected chi connectivity index (χ2v) is 6.18. The summed E-state index contributed by atoms with van der Waals surface area (Å²) in [5.74, 6) is 0.0228. The minimum Gasteiger partial charge on any atom is -0.340 e. The molecule has 1 unspecified atom stereocenters. The molecule has 0 aliphatic carbocycles. The van der Waals surface area contributed by atoms with Crippen molar-refractivity contribution in [1.29, 1.82) is 0 Å². The van der Waals surface area contributed by atoms with Crippen molar-refractivity contribution in [3.8, 4) is 11.1 Å². The number of pyridine rings is 2. The van der Waals surface area contributed by atoms with Crippen LogP contribution in [0, 0.1) is 0 Å². The van der Waals surface area contributed by atoms with Crippen LogP contribution in [-0.4, -0.2) is 33.4 Å². The molecule has 1 saturated heterocycles. The number of amides is 1. The molecular weight excluding hydrogens is 262 g/mol. The Morgan fingerprint density at radius 2 is 1.95 bits per heavy atom. The topological polar surface area (TPSA) is 46.1 Å². The van der Waals surface area contributed by atoms with Crippen LogP contribution >= 0.6 is 0 Å². The number of likely N-dealkylation sites (N-methyl/N-ethyl adjacent to an activating group) is 1. The summed E-state index contributed by atoms with van der Waals surface area (Å²) >= 11 is 0. The standard InChI is InChI=1S/C17H19N3O/c1-17(2)9-14(16(21)20(17)3)15-7-6-13(11-19-15)12-5-4-8-18-10-12/h4-8,10-11,14H,9H2,1-3H3. The second kappa shape index (κ2) is 4.95. The Hall–Kier alpha value is -2.23. The molecular formula is C17H19N3O. The van der Waals surface area contributed by atoms with E-state index in [0.29, 0.717) is 0 Å². The number of hydrogen-bond donors (Lipinski definition) is 0. The fourth-order valence-corrected chi connectivity index (χ4v) is 2.80. The Morgan fingerprint density at radius 3 is 2.48 bits per heavy atom. The Kier molecular flexibility index (Phi) is 3.24. The molecule has 0 spiro atoms. The third-order valence-corrected chi connectivity index (χ3v) is 4.38. The molecule has 0 saturated carbocycles. The summed E-state index contributed by atoms with van der Waals surface area (Å²) in [5.41, 5.74) is 2.80. The molecule has 4 heteroatoms. The Balaban J connectivity index is 1.87. The molecule has 0 N–H and O–H groups in total. The van der Waals surface area contributed by atoms with Gasteiger partial charge in [0.25, 0.3) is 0 Å². The van der Waals surface area contributed by atoms with Gasteiger partial charge in [-0.3, -0.25) is 14.8 Å². The molecule has 108 valence electrons. The zero-order valence-electron chi connectivity index (χ0n) is 12.6. The number of rotatable bonds is 2. The van der Waals surface area contributed by atoms with E-state index in [1.807, 2.05) is 48.6 Å². The molecule has 1 amide bonds. The van der Waals surface area contributed by atoms with Gasteiger partial charge in [0.05, 0.1) is 11.6 Å². The van der Waals surface area contributed by atoms with E-state index in [4.69, 9.17) is 0 Å². The van der Waals surface area contributed by atoms with Gasteiger partial charge in [0.2, 0.25) is 5.91 Å². The van der Waals surface area contributed by atoms with Crippen molar-refractivity contribution in [1.82, 2.24) is 14.9 Å². The minimum absolute atomic E-state index is 0.106. The number of carbonyl (C=O) groups is 1. The zero-order valence-corrected chi connectivity index (χ0v) is 12.6. The first-order valence-electron chi connectivity index (χ1n) is 7.13. The van der Waals surface area contributed by atoms with Gasteiger partial charge in [-0.1, -0.05) is 12.1 Å². The van der Waals surface area contributed by atoms with Gasteiger partial charge in [0.15, 0.2) is 0 Å². The first-order valence-corrected chi connectivity index (χ1v) is 7.13. The van der Waals surface area contributed by atoms with E-state index in [0.717, 1.165) is 23.2 Å². The van der Waals surface area contributed by atoms with E-state index in [2.05, 4.69) is 23.8 Å². The highest BCUT2D eigenvalue weighted by Gasteiger charge is 2.43. The number of aromatic nitrogens is 2. The highest BCUT2D eigenvalue weighted by molar-refractivity contribution is 5.86. The summed E-state index contributed by atoms with van der Waals surface area (Å²) in [6, 6.07) is 7.88. The van der Waals surface area contributed by atoms with Crippen LogP contribution in [0.15, 0.2) is 42.9 Å². The molecule has 3 heterocycles. The van der Waals surface area contributed by atoms with Crippen molar-refractivity contribution < 1.29 is 4.79 Å². The van der Waals surface area contributed by atoms with Gasteiger partial charge in [-0.15, -0.1) is 0 Å². The lowest BCUT2D eigenvalue weighted by molar-refractivity contribution is -0.130. The molecule has 0 radical (unpaired) electrons. The zero-order chi connectivity index (χ0) is 15.0. The molecule has 2 aromatic rings. The summed E-state index contributed by atoms with van der Waals surface area (Å²) < 4.78 is 0. The van der Waals surface area contributed by atoms with Crippen molar-refractivity contribution >= 4 is 5.91 Å². The lowest BCUT2D eigenvalue weighted by Crippen LogP contribution is -2.37. The summed E-state index contributed by atoms with van der Waals surface area (Å²) in [7, 11) is 1.87. The number of nitrogens with zero attached hydrogens (tertiary/aromatic N) is 3. The maximum absolute atomic E-state index is 12.4. The van der Waals surface area contributed by atoms with Gasteiger partial charge in [-0.05, 0) is 32.4 Å². The average Bonchev–Trinajstić information content (AvgIpc) is 2.72. The normalized spacial score (nSPS) is 20.8. The highest BCUT2D eigenvalue weighted by atomic mass is 16.2. The number of carbonyl (C=O) groups excluding carboxylic acids is 1. The largest absolute Gasteiger partial charge is 0.340 e. The molecule has 1 fully saturated rings. The van der Waals surface area contributed by atoms with E-state index < -0.39 is 0 Å². The second-order valence-electron chi connectivity index (χ2n) is 6.18. The molecule has 21 heavy (non-hydrogen) atoms. The van der Waals surface area contributed by atoms with Crippen LogP contribution < -0.4 is 0 Å². The van der Waals surface area contributed by atoms with Crippen LogP contribution in [0.1, 0.15) is 31.9 Å². The average molecular weight is 281 g/mol. The summed E-state index contributed by atoms with van der Waals surface area (Å²) in [5, 5.41) is 0. The van der Waals surface area contributed by atoms with Crippen LogP contribution in [-0.2, 0) is 4.79 Å². The molecule has 0 bridgehead atoms. The number of hydrogen-bond acceptors (Lipinski definition) is 3. The highest BCUT2D eigenvalue weighted by Crippen LogP contribution is 2.38. The van der Waals surface area contributed by atoms with Crippen molar-refractivity contribution in [2.45, 2.75) is 31.7 Å². The maximum atomic E-state index is 12.4. The molecule has 1 aliphatic heterocycles. The van der Waals surface area contributed by atoms with E-state index in [1.54, 1.807) is 6.20 Å². The van der Waals surface area contributed by atoms with Crippen molar-refractivity contribution in [2.75, 3.05) is 7.05 Å². The van der Waals surface area contributed by atoms with Gasteiger partial charge in [0, 0.05) is 42.3 Å². The Bertz CT molecular complexity index is 649. The fourth-order valence-electron chi connectivity index (χ4n) is 2.80. The smallest absolute Gasteiger partial charge is 0.231 e. The van der Waals surface area contributed by atoms with E-state index in [1.165, 1.54) is 0 Å². The van der Waals surface area contributed by atoms with Gasteiger partial charge in [-0.2, -0.15) is 0 Å². The molecule has 2 aromatic heterocycles. The lowest BCUT2D eigenvalue weighted by Gasteiger charge is -2.26. The predicted octanol–water partition coefficient (Wildman–Crippen LogP) is 2.87. The third-order valence-electron chi connectivity index (χ3n) is 4.38. The van der Waals surface area contributed by atoms with E-state index >= 15 is 0 Å². The molecule has 1 atom stereocenters. The molecule has 1 aliphatic rings. The summed E-state index contributed by atoms with van der Waals surface area (Å²) in [6.07, 6.45) is 6.20. The maximum Gasteiger partial charge on any atom is 0.231 e. The third kappa shape index (κ3) is 2.42. The van der Waals surface area contributed by atoms with Gasteiger partial charge >= 0.3 is 0 Å². The molecule has 0 aromatic carbocycles. The Morgan fingerprint density at radius 1 is 1.19 bits per heavy atom. The van der Waals surface area contributed by atoms with Gasteiger partial charge < -0.3 is 4.90 Å². The fraction of sp³-hybridized carbons (Fsp3) is 0.353. The van der Waals surface area contributed by atoms with Crippen LogP contribution in [0.25, 0.3) is 11.1 Å². The summed E-state index contributed by atoms with van der Waals surface area (Å²) in [4.78, 5) is 22.8. The van der Waals surface area contributed by atoms with Crippen molar-refractivity contribution in [3.63, 3.8) is 0 Å². The van der Waals surface area contributed by atoms with Gasteiger partial charge in [0.1, 0.15) is 0 Å². The first kappa shape index (κ1) is 13.7.